The first-order valence-corrected chi connectivity index (χ1v) is 5.52. The number of benzene rings is 1. The molecule has 4 nitrogen and oxygen atoms in total. The van der Waals surface area contributed by atoms with Crippen LogP contribution in [0.4, 0.5) is 0 Å². The van der Waals surface area contributed by atoms with Gasteiger partial charge in [-0.2, -0.15) is 0 Å². The zero-order valence-corrected chi connectivity index (χ0v) is 9.51. The average Bonchev–Trinajstić information content (AvgIpc) is 2.53. The van der Waals surface area contributed by atoms with Gasteiger partial charge in [0.05, 0.1) is 6.42 Å². The highest BCUT2D eigenvalue weighted by Gasteiger charge is 2.49. The van der Waals surface area contributed by atoms with Crippen molar-refractivity contribution in [3.05, 3.63) is 35.4 Å². The highest BCUT2D eigenvalue weighted by atomic mass is 16.4. The zero-order valence-electron chi connectivity index (χ0n) is 9.51. The molecule has 4 heteroatoms. The molecule has 0 bridgehead atoms. The minimum atomic E-state index is -1.26. The molecular formula is C13H14O4. The lowest BCUT2D eigenvalue weighted by molar-refractivity contribution is -0.150. The number of fused-ring (bicyclic) bond motifs is 1. The molecule has 0 saturated heterocycles. The lowest BCUT2D eigenvalue weighted by atomic mass is 9.78. The summed E-state index contributed by atoms with van der Waals surface area (Å²) in [6.45, 7) is 1.94. The molecule has 1 aromatic carbocycles. The molecule has 0 saturated carbocycles. The predicted octanol–water partition coefficient (Wildman–Crippen LogP) is 1.99. The Morgan fingerprint density at radius 3 is 2.59 bits per heavy atom. The highest BCUT2D eigenvalue weighted by Crippen LogP contribution is 2.48. The molecule has 1 aliphatic rings. The summed E-state index contributed by atoms with van der Waals surface area (Å²) in [6, 6.07) is 7.23. The van der Waals surface area contributed by atoms with Gasteiger partial charge < -0.3 is 10.2 Å². The Kier molecular flexibility index (Phi) is 2.65. The summed E-state index contributed by atoms with van der Waals surface area (Å²) in [5, 5.41) is 18.4. The van der Waals surface area contributed by atoms with Crippen LogP contribution in [0.2, 0.25) is 0 Å². The van der Waals surface area contributed by atoms with Gasteiger partial charge in [-0.25, -0.2) is 0 Å². The lowest BCUT2D eigenvalue weighted by Gasteiger charge is -2.23. The Balaban J connectivity index is 2.57. The molecule has 0 radical (unpaired) electrons. The number of aliphatic carboxylic acids is 2. The normalized spacial score (nSPS) is 26.5. The Labute approximate surface area is 98.9 Å². The second kappa shape index (κ2) is 3.87. The van der Waals surface area contributed by atoms with Gasteiger partial charge in [0.25, 0.3) is 0 Å². The SMILES string of the molecule is CC1CC(CC(=O)O)(C(=O)O)c2ccccc21. The van der Waals surface area contributed by atoms with E-state index in [0.717, 1.165) is 5.56 Å². The molecule has 0 fully saturated rings. The third-order valence-corrected chi connectivity index (χ3v) is 3.52. The molecule has 0 aliphatic heterocycles. The number of hydrogen-bond acceptors (Lipinski definition) is 2. The molecule has 1 aromatic rings. The zero-order chi connectivity index (χ0) is 12.6. The summed E-state index contributed by atoms with van der Waals surface area (Å²) in [4.78, 5) is 22.4. The maximum absolute atomic E-state index is 11.5. The molecule has 0 aromatic heterocycles. The first-order valence-electron chi connectivity index (χ1n) is 5.52. The van der Waals surface area contributed by atoms with Gasteiger partial charge in [0.2, 0.25) is 0 Å². The molecule has 0 amide bonds. The highest BCUT2D eigenvalue weighted by molar-refractivity contribution is 5.88. The van der Waals surface area contributed by atoms with E-state index in [1.807, 2.05) is 19.1 Å². The molecule has 2 rings (SSSR count). The average molecular weight is 234 g/mol. The summed E-state index contributed by atoms with van der Waals surface area (Å²) in [5.74, 6) is -2.03. The first kappa shape index (κ1) is 11.6. The fraction of sp³-hybridized carbons (Fsp3) is 0.385. The second-order valence-electron chi connectivity index (χ2n) is 4.65. The fourth-order valence-corrected chi connectivity index (χ4v) is 2.81. The summed E-state index contributed by atoms with van der Waals surface area (Å²) in [7, 11) is 0. The van der Waals surface area contributed by atoms with Gasteiger partial charge in [-0.3, -0.25) is 9.59 Å². The maximum Gasteiger partial charge on any atom is 0.314 e. The monoisotopic (exact) mass is 234 g/mol. The second-order valence-corrected chi connectivity index (χ2v) is 4.65. The summed E-state index contributed by atoms with van der Waals surface area (Å²) in [6.07, 6.45) is -0.00231. The van der Waals surface area contributed by atoms with E-state index in [1.54, 1.807) is 12.1 Å². The summed E-state index contributed by atoms with van der Waals surface area (Å²) >= 11 is 0. The molecule has 1 aliphatic carbocycles. The van der Waals surface area contributed by atoms with Crippen LogP contribution in [0.1, 0.15) is 36.8 Å². The van der Waals surface area contributed by atoms with E-state index in [2.05, 4.69) is 0 Å². The lowest BCUT2D eigenvalue weighted by Crippen LogP contribution is -2.36. The largest absolute Gasteiger partial charge is 0.481 e. The van der Waals surface area contributed by atoms with Crippen LogP contribution in [-0.4, -0.2) is 22.2 Å². The van der Waals surface area contributed by atoms with Crippen molar-refractivity contribution >= 4 is 11.9 Å². The van der Waals surface area contributed by atoms with Crippen LogP contribution in [0, 0.1) is 0 Å². The Hall–Kier alpha value is -1.84. The minimum absolute atomic E-state index is 0.0849. The van der Waals surface area contributed by atoms with Crippen molar-refractivity contribution in [2.45, 2.75) is 31.1 Å². The van der Waals surface area contributed by atoms with Crippen molar-refractivity contribution in [3.63, 3.8) is 0 Å². The van der Waals surface area contributed by atoms with Gasteiger partial charge in [0.15, 0.2) is 0 Å². The van der Waals surface area contributed by atoms with Crippen molar-refractivity contribution in [1.82, 2.24) is 0 Å². The fourth-order valence-electron chi connectivity index (χ4n) is 2.81. The maximum atomic E-state index is 11.5. The van der Waals surface area contributed by atoms with E-state index in [9.17, 15) is 14.7 Å². The van der Waals surface area contributed by atoms with E-state index in [-0.39, 0.29) is 12.3 Å². The van der Waals surface area contributed by atoms with Crippen molar-refractivity contribution < 1.29 is 19.8 Å². The van der Waals surface area contributed by atoms with E-state index >= 15 is 0 Å². The van der Waals surface area contributed by atoms with E-state index in [0.29, 0.717) is 12.0 Å². The van der Waals surface area contributed by atoms with E-state index in [4.69, 9.17) is 5.11 Å². The molecule has 17 heavy (non-hydrogen) atoms. The standard InChI is InChI=1S/C13H14O4/c1-8-6-13(12(16)17,7-11(14)15)10-5-3-2-4-9(8)10/h2-5,8H,6-7H2,1H3,(H,14,15)(H,16,17). The van der Waals surface area contributed by atoms with E-state index in [1.165, 1.54) is 0 Å². The number of rotatable bonds is 3. The molecule has 2 atom stereocenters. The number of carboxylic acid groups (broad SMARTS) is 2. The van der Waals surface area contributed by atoms with Crippen LogP contribution in [0.15, 0.2) is 24.3 Å². The third-order valence-electron chi connectivity index (χ3n) is 3.52. The summed E-state index contributed by atoms with van der Waals surface area (Å²) < 4.78 is 0. The van der Waals surface area contributed by atoms with Crippen molar-refractivity contribution in [1.29, 1.82) is 0 Å². The van der Waals surface area contributed by atoms with Gasteiger partial charge in [-0.1, -0.05) is 31.2 Å². The van der Waals surface area contributed by atoms with Crippen molar-refractivity contribution in [2.24, 2.45) is 0 Å². The Morgan fingerprint density at radius 1 is 1.35 bits per heavy atom. The molecule has 2 N–H and O–H groups in total. The van der Waals surface area contributed by atoms with Gasteiger partial charge in [-0.05, 0) is 23.5 Å². The van der Waals surface area contributed by atoms with Crippen LogP contribution < -0.4 is 0 Å². The summed E-state index contributed by atoms with van der Waals surface area (Å²) in [5.41, 5.74) is 0.348. The van der Waals surface area contributed by atoms with Crippen molar-refractivity contribution in [3.8, 4) is 0 Å². The number of carbonyl (C=O) groups is 2. The number of carboxylic acids is 2. The molecule has 2 unspecified atom stereocenters. The topological polar surface area (TPSA) is 74.6 Å². The minimum Gasteiger partial charge on any atom is -0.481 e. The van der Waals surface area contributed by atoms with Gasteiger partial charge in [0, 0.05) is 0 Å². The molecule has 90 valence electrons. The van der Waals surface area contributed by atoms with Gasteiger partial charge >= 0.3 is 11.9 Å². The molecular weight excluding hydrogens is 220 g/mol. The third kappa shape index (κ3) is 1.69. The van der Waals surface area contributed by atoms with Crippen LogP contribution in [0.25, 0.3) is 0 Å². The quantitative estimate of drug-likeness (QED) is 0.838. The first-order chi connectivity index (χ1) is 7.97. The van der Waals surface area contributed by atoms with Crippen LogP contribution in [0.3, 0.4) is 0 Å². The van der Waals surface area contributed by atoms with Crippen LogP contribution >= 0.6 is 0 Å². The van der Waals surface area contributed by atoms with Gasteiger partial charge in [0.1, 0.15) is 5.41 Å². The van der Waals surface area contributed by atoms with Crippen LogP contribution in [0.5, 0.6) is 0 Å². The number of hydrogen-bond donors (Lipinski definition) is 2. The van der Waals surface area contributed by atoms with Gasteiger partial charge in [-0.15, -0.1) is 0 Å². The Bertz CT molecular complexity index is 480. The Morgan fingerprint density at radius 2 is 2.00 bits per heavy atom. The smallest absolute Gasteiger partial charge is 0.314 e. The van der Waals surface area contributed by atoms with Crippen LogP contribution in [-0.2, 0) is 15.0 Å². The predicted molar refractivity (Wildman–Crippen MR) is 61.0 cm³/mol. The van der Waals surface area contributed by atoms with Crippen molar-refractivity contribution in [2.75, 3.05) is 0 Å². The molecule has 0 spiro atoms. The van der Waals surface area contributed by atoms with E-state index < -0.39 is 17.4 Å². The molecule has 0 heterocycles.